The summed E-state index contributed by atoms with van der Waals surface area (Å²) in [6, 6.07) is 1.19. The molecule has 11 heteroatoms. The first kappa shape index (κ1) is 31.7. The van der Waals surface area contributed by atoms with Crippen molar-refractivity contribution in [1.29, 1.82) is 0 Å². The van der Waals surface area contributed by atoms with Crippen molar-refractivity contribution in [3.05, 3.63) is 47.1 Å². The highest BCUT2D eigenvalue weighted by atomic mass is 16.6. The molecule has 1 aromatic carbocycles. The van der Waals surface area contributed by atoms with Crippen molar-refractivity contribution >= 4 is 23.4 Å². The first-order valence-electron chi connectivity index (χ1n) is 12.7. The average molecular weight is 548 g/mol. The van der Waals surface area contributed by atoms with Crippen molar-refractivity contribution in [2.75, 3.05) is 25.3 Å². The van der Waals surface area contributed by atoms with Crippen LogP contribution in [0.25, 0.3) is 0 Å². The second-order valence-electron chi connectivity index (χ2n) is 10.0. The summed E-state index contributed by atoms with van der Waals surface area (Å²) < 4.78 is 16.5. The lowest BCUT2D eigenvalue weighted by Crippen LogP contribution is -2.37. The third-order valence-corrected chi connectivity index (χ3v) is 6.87. The van der Waals surface area contributed by atoms with Crippen LogP contribution in [-0.2, 0) is 25.4 Å². The number of ether oxygens (including phenoxy) is 3. The number of nitrogens with two attached hydrogens (primary N) is 2. The monoisotopic (exact) mass is 547 g/mol. The molecule has 216 valence electrons. The number of benzene rings is 1. The fraction of sp³-hybridized carbons (Fsp3) is 0.500. The minimum atomic E-state index is -0.992. The lowest BCUT2D eigenvalue weighted by atomic mass is 9.87. The molecule has 0 saturated heterocycles. The Morgan fingerprint density at radius 3 is 2.41 bits per heavy atom. The van der Waals surface area contributed by atoms with Crippen molar-refractivity contribution in [1.82, 2.24) is 0 Å². The number of hydrogen-bond donors (Lipinski definition) is 6. The number of carbonyl (C=O) groups is 2. The van der Waals surface area contributed by atoms with Gasteiger partial charge < -0.3 is 46.3 Å². The number of aliphatic hydroxyl groups is 1. The van der Waals surface area contributed by atoms with E-state index in [2.05, 4.69) is 5.32 Å². The SMILES string of the molecule is COC1/C=C\C=C(/C)C(=O)Nc2cc(O)c(N)c(c2O)C[C@@H](C)CC(OC)C(O)[C@@H](C)/C=C(\C)C1OC(N)=O. The van der Waals surface area contributed by atoms with Gasteiger partial charge in [-0.1, -0.05) is 38.2 Å². The normalized spacial score (nSPS) is 30.8. The highest BCUT2D eigenvalue weighted by Crippen LogP contribution is 2.40. The molecule has 1 heterocycles. The molecule has 0 aromatic heterocycles. The van der Waals surface area contributed by atoms with Crippen LogP contribution in [-0.4, -0.2) is 66.0 Å². The summed E-state index contributed by atoms with van der Waals surface area (Å²) >= 11 is 0. The number of methoxy groups -OCH3 is 2. The molecule has 8 N–H and O–H groups in total. The number of phenolic OH excluding ortho intramolecular Hbond substituents is 2. The highest BCUT2D eigenvalue weighted by molar-refractivity contribution is 6.04. The Morgan fingerprint density at radius 2 is 1.82 bits per heavy atom. The van der Waals surface area contributed by atoms with Crippen LogP contribution in [0.2, 0.25) is 0 Å². The molecule has 6 atom stereocenters. The molecular formula is C28H41N3O8. The Bertz CT molecular complexity index is 1130. The van der Waals surface area contributed by atoms with Gasteiger partial charge in [0.05, 0.1) is 23.6 Å². The summed E-state index contributed by atoms with van der Waals surface area (Å²) in [7, 11) is 2.93. The lowest BCUT2D eigenvalue weighted by Gasteiger charge is -2.29. The zero-order valence-corrected chi connectivity index (χ0v) is 23.3. The molecule has 1 aliphatic rings. The number of allylic oxidation sites excluding steroid dienone is 2. The molecule has 0 radical (unpaired) electrons. The van der Waals surface area contributed by atoms with Gasteiger partial charge in [-0.3, -0.25) is 4.79 Å². The van der Waals surface area contributed by atoms with E-state index in [1.165, 1.54) is 26.4 Å². The van der Waals surface area contributed by atoms with Crippen LogP contribution in [0.1, 0.15) is 39.7 Å². The van der Waals surface area contributed by atoms with Gasteiger partial charge in [-0.25, -0.2) is 4.79 Å². The maximum absolute atomic E-state index is 12.8. The van der Waals surface area contributed by atoms with Gasteiger partial charge in [0.25, 0.3) is 5.91 Å². The molecule has 0 saturated carbocycles. The average Bonchev–Trinajstić information content (AvgIpc) is 2.88. The van der Waals surface area contributed by atoms with Crippen molar-refractivity contribution in [3.8, 4) is 11.5 Å². The van der Waals surface area contributed by atoms with Crippen LogP contribution in [0.3, 0.4) is 0 Å². The highest BCUT2D eigenvalue weighted by Gasteiger charge is 2.30. The number of nitrogens with one attached hydrogen (secondary N) is 1. The number of rotatable bonds is 3. The van der Waals surface area contributed by atoms with E-state index in [1.807, 2.05) is 6.92 Å². The van der Waals surface area contributed by atoms with Crippen LogP contribution in [0, 0.1) is 11.8 Å². The molecule has 11 nitrogen and oxygen atoms in total. The van der Waals surface area contributed by atoms with E-state index in [0.717, 1.165) is 0 Å². The molecular weight excluding hydrogens is 506 g/mol. The van der Waals surface area contributed by atoms with E-state index in [-0.39, 0.29) is 46.3 Å². The number of carbonyl (C=O) groups excluding carboxylic acids is 2. The Labute approximate surface area is 229 Å². The van der Waals surface area contributed by atoms with E-state index in [4.69, 9.17) is 25.7 Å². The number of amides is 2. The third kappa shape index (κ3) is 8.22. The molecule has 39 heavy (non-hydrogen) atoms. The Hall–Kier alpha value is -3.54. The fourth-order valence-electron chi connectivity index (χ4n) is 4.63. The van der Waals surface area contributed by atoms with Crippen molar-refractivity contribution < 1.29 is 39.1 Å². The van der Waals surface area contributed by atoms with Crippen LogP contribution >= 0.6 is 0 Å². The lowest BCUT2D eigenvalue weighted by molar-refractivity contribution is -0.112. The second-order valence-corrected chi connectivity index (χ2v) is 10.0. The molecule has 4 unspecified atom stereocenters. The molecule has 1 aliphatic heterocycles. The van der Waals surface area contributed by atoms with Crippen molar-refractivity contribution in [3.63, 3.8) is 0 Å². The fourth-order valence-corrected chi connectivity index (χ4v) is 4.63. The number of aromatic hydroxyl groups is 2. The number of nitrogen functional groups attached to an aromatic ring is 1. The smallest absolute Gasteiger partial charge is 0.405 e. The second kappa shape index (κ2) is 14.0. The number of aliphatic hydroxyl groups excluding tert-OH is 1. The van der Waals surface area contributed by atoms with E-state index >= 15 is 0 Å². The first-order valence-corrected chi connectivity index (χ1v) is 12.7. The summed E-state index contributed by atoms with van der Waals surface area (Å²) in [6.07, 6.45) is 2.90. The van der Waals surface area contributed by atoms with Crippen LogP contribution in [0.15, 0.2) is 41.5 Å². The maximum Gasteiger partial charge on any atom is 0.405 e. The molecule has 2 amide bonds. The third-order valence-electron chi connectivity index (χ3n) is 6.87. The van der Waals surface area contributed by atoms with E-state index in [0.29, 0.717) is 12.0 Å². The van der Waals surface area contributed by atoms with Crippen LogP contribution < -0.4 is 16.8 Å². The topological polar surface area (TPSA) is 187 Å². The minimum Gasteiger partial charge on any atom is -0.506 e. The summed E-state index contributed by atoms with van der Waals surface area (Å²) in [5.41, 5.74) is 12.6. The van der Waals surface area contributed by atoms with E-state index in [1.54, 1.807) is 39.0 Å². The number of phenols is 2. The largest absolute Gasteiger partial charge is 0.506 e. The molecule has 0 aliphatic carbocycles. The number of anilines is 2. The molecule has 2 bridgehead atoms. The Kier molecular flexibility index (Phi) is 11.4. The quantitative estimate of drug-likeness (QED) is 0.143. The minimum absolute atomic E-state index is 0.00464. The molecule has 2 rings (SSSR count). The van der Waals surface area contributed by atoms with Gasteiger partial charge in [0, 0.05) is 37.3 Å². The molecule has 0 spiro atoms. The molecule has 1 aromatic rings. The zero-order valence-electron chi connectivity index (χ0n) is 23.3. The summed E-state index contributed by atoms with van der Waals surface area (Å²) in [6.45, 7) is 7.01. The van der Waals surface area contributed by atoms with Crippen molar-refractivity contribution in [2.45, 2.75) is 65.0 Å². The summed E-state index contributed by atoms with van der Waals surface area (Å²) in [5, 5.41) is 35.0. The zero-order chi connectivity index (χ0) is 29.4. The summed E-state index contributed by atoms with van der Waals surface area (Å²) in [4.78, 5) is 24.5. The standard InChI is InChI=1S/C28H41N3O8/c1-14-10-18-23(29)20(32)13-19(25(18)34)31-27(35)15(2)8-7-9-21(37-5)26(39-28(30)36)17(4)12-16(3)24(33)22(11-14)38-6/h7-9,12-14,16,21-22,24,26,32-34H,10-11,29H2,1-6H3,(H2,30,36)(H,31,35)/b9-7-,15-8+,17-12+/t14-,16+,21?,22?,24?,26?/m1/s1. The van der Waals surface area contributed by atoms with Crippen molar-refractivity contribution in [2.24, 2.45) is 17.6 Å². The van der Waals surface area contributed by atoms with Gasteiger partial charge in [-0.05, 0) is 38.2 Å². The summed E-state index contributed by atoms with van der Waals surface area (Å²) in [5.74, 6) is -1.63. The van der Waals surface area contributed by atoms with Gasteiger partial charge in [-0.2, -0.15) is 0 Å². The van der Waals surface area contributed by atoms with Crippen LogP contribution in [0.5, 0.6) is 11.5 Å². The number of hydrogen-bond acceptors (Lipinski definition) is 9. The predicted octanol–water partition coefficient (Wildman–Crippen LogP) is 3.14. The number of fused-ring (bicyclic) bond motifs is 2. The predicted molar refractivity (Wildman–Crippen MR) is 148 cm³/mol. The van der Waals surface area contributed by atoms with Gasteiger partial charge in [-0.15, -0.1) is 0 Å². The first-order chi connectivity index (χ1) is 18.3. The van der Waals surface area contributed by atoms with Gasteiger partial charge in [0.2, 0.25) is 0 Å². The van der Waals surface area contributed by atoms with Gasteiger partial charge >= 0.3 is 6.09 Å². The number of primary amides is 1. The molecule has 0 fully saturated rings. The maximum atomic E-state index is 12.8. The van der Waals surface area contributed by atoms with E-state index < -0.39 is 42.3 Å². The Morgan fingerprint density at radius 1 is 1.15 bits per heavy atom. The van der Waals surface area contributed by atoms with Gasteiger partial charge in [0.1, 0.15) is 17.6 Å². The Balaban J connectivity index is 2.62. The van der Waals surface area contributed by atoms with E-state index in [9.17, 15) is 24.9 Å². The van der Waals surface area contributed by atoms with Gasteiger partial charge in [0.15, 0.2) is 6.10 Å². The van der Waals surface area contributed by atoms with Crippen LogP contribution in [0.4, 0.5) is 16.2 Å².